The van der Waals surface area contributed by atoms with Crippen LogP contribution in [-0.4, -0.2) is 40.6 Å². The summed E-state index contributed by atoms with van der Waals surface area (Å²) in [6.07, 6.45) is 0.889. The number of phenols is 2. The maximum atomic E-state index is 10.6. The van der Waals surface area contributed by atoms with E-state index in [-0.39, 0.29) is 30.1 Å². The number of ether oxygens (including phenoxy) is 1. The van der Waals surface area contributed by atoms with E-state index in [0.717, 1.165) is 29.7 Å². The van der Waals surface area contributed by atoms with Crippen LogP contribution in [0.4, 0.5) is 0 Å². The molecular formula is C31H33NO4. The van der Waals surface area contributed by atoms with Gasteiger partial charge in [-0.2, -0.15) is 0 Å². The Hall–Kier alpha value is -3.80. The highest BCUT2D eigenvalue weighted by atomic mass is 16.5. The second-order valence-corrected chi connectivity index (χ2v) is 9.04. The predicted molar refractivity (Wildman–Crippen MR) is 143 cm³/mol. The maximum absolute atomic E-state index is 10.6. The predicted octanol–water partition coefficient (Wildman–Crippen LogP) is 5.26. The molecule has 0 aromatic heterocycles. The highest BCUT2D eigenvalue weighted by molar-refractivity contribution is 5.38. The van der Waals surface area contributed by atoms with Crippen LogP contribution in [0.15, 0.2) is 109 Å². The summed E-state index contributed by atoms with van der Waals surface area (Å²) < 4.78 is 5.72. The van der Waals surface area contributed by atoms with Gasteiger partial charge in [-0.15, -0.1) is 0 Å². The molecule has 4 N–H and O–H groups in total. The van der Waals surface area contributed by atoms with Crippen LogP contribution >= 0.6 is 0 Å². The van der Waals surface area contributed by atoms with Crippen LogP contribution in [0.25, 0.3) is 0 Å². The molecule has 0 saturated heterocycles. The summed E-state index contributed by atoms with van der Waals surface area (Å²) in [5, 5.41) is 33.8. The number of nitrogens with one attached hydrogen (secondary N) is 1. The van der Waals surface area contributed by atoms with Crippen molar-refractivity contribution in [2.75, 3.05) is 13.2 Å². The van der Waals surface area contributed by atoms with Gasteiger partial charge in [0, 0.05) is 18.5 Å². The zero-order valence-electron chi connectivity index (χ0n) is 20.2. The Bertz CT molecular complexity index is 1120. The van der Waals surface area contributed by atoms with Crippen LogP contribution in [-0.2, 0) is 6.42 Å². The molecule has 0 bridgehead atoms. The van der Waals surface area contributed by atoms with E-state index in [0.29, 0.717) is 6.54 Å². The number of benzene rings is 4. The van der Waals surface area contributed by atoms with Gasteiger partial charge >= 0.3 is 0 Å². The average molecular weight is 484 g/mol. The highest BCUT2D eigenvalue weighted by Crippen LogP contribution is 2.32. The molecule has 4 rings (SSSR count). The van der Waals surface area contributed by atoms with Gasteiger partial charge < -0.3 is 25.4 Å². The molecule has 0 aliphatic heterocycles. The summed E-state index contributed by atoms with van der Waals surface area (Å²) in [6.45, 7) is 0.594. The lowest BCUT2D eigenvalue weighted by Gasteiger charge is -2.27. The minimum Gasteiger partial charge on any atom is -0.508 e. The lowest BCUT2D eigenvalue weighted by Crippen LogP contribution is -2.40. The number of rotatable bonds is 12. The third-order valence-corrected chi connectivity index (χ3v) is 6.26. The summed E-state index contributed by atoms with van der Waals surface area (Å²) in [4.78, 5) is 0. The fourth-order valence-corrected chi connectivity index (χ4v) is 4.37. The lowest BCUT2D eigenvalue weighted by atomic mass is 9.84. The molecule has 0 aliphatic carbocycles. The summed E-state index contributed by atoms with van der Waals surface area (Å²) in [5.74, 6) is 1.22. The lowest BCUT2D eigenvalue weighted by molar-refractivity contribution is 0.103. The molecule has 0 aliphatic rings. The van der Waals surface area contributed by atoms with Crippen molar-refractivity contribution in [3.63, 3.8) is 0 Å². The molecule has 36 heavy (non-hydrogen) atoms. The van der Waals surface area contributed by atoms with Crippen LogP contribution in [0.1, 0.15) is 29.0 Å². The first-order chi connectivity index (χ1) is 17.6. The van der Waals surface area contributed by atoms with E-state index in [2.05, 4.69) is 17.4 Å². The Labute approximate surface area is 212 Å². The van der Waals surface area contributed by atoms with Crippen molar-refractivity contribution >= 4 is 0 Å². The fourth-order valence-electron chi connectivity index (χ4n) is 4.37. The first-order valence-corrected chi connectivity index (χ1v) is 12.3. The van der Waals surface area contributed by atoms with Crippen molar-refractivity contribution in [3.05, 3.63) is 126 Å². The Morgan fingerprint density at radius 3 is 1.75 bits per heavy atom. The van der Waals surface area contributed by atoms with E-state index in [1.807, 2.05) is 72.8 Å². The van der Waals surface area contributed by atoms with Crippen LogP contribution in [0, 0.1) is 0 Å². The number of hydrogen-bond acceptors (Lipinski definition) is 5. The zero-order chi connectivity index (χ0) is 25.2. The first-order valence-electron chi connectivity index (χ1n) is 12.3. The standard InChI is InChI=1S/C31H33NO4/c33-27-15-11-24(12-16-27)31(25-13-17-28(34)18-14-25)20-26(19-23-7-3-1-4-8-23)32-21-29(35)22-36-30-9-5-2-6-10-30/h1-18,26,29,31-35H,19-22H2/t26?,29-/m0/s1. The number of para-hydroxylation sites is 1. The molecule has 5 heteroatoms. The molecule has 186 valence electrons. The Morgan fingerprint density at radius 1 is 0.667 bits per heavy atom. The minimum absolute atomic E-state index is 0.0325. The molecule has 0 heterocycles. The SMILES string of the molecule is Oc1ccc(C(CC(Cc2ccccc2)NC[C@H](O)COc2ccccc2)c2ccc(O)cc2)cc1. The van der Waals surface area contributed by atoms with Crippen molar-refractivity contribution in [1.82, 2.24) is 5.32 Å². The van der Waals surface area contributed by atoms with E-state index in [1.165, 1.54) is 5.56 Å². The monoisotopic (exact) mass is 483 g/mol. The zero-order valence-corrected chi connectivity index (χ0v) is 20.2. The molecular weight excluding hydrogens is 450 g/mol. The maximum Gasteiger partial charge on any atom is 0.119 e. The molecule has 0 radical (unpaired) electrons. The fraction of sp³-hybridized carbons (Fsp3) is 0.226. The third-order valence-electron chi connectivity index (χ3n) is 6.26. The van der Waals surface area contributed by atoms with E-state index in [9.17, 15) is 15.3 Å². The largest absolute Gasteiger partial charge is 0.508 e. The average Bonchev–Trinajstić information content (AvgIpc) is 2.91. The first kappa shape index (κ1) is 25.3. The van der Waals surface area contributed by atoms with Gasteiger partial charge in [0.2, 0.25) is 0 Å². The Kier molecular flexibility index (Phi) is 8.98. The minimum atomic E-state index is -0.663. The van der Waals surface area contributed by atoms with E-state index < -0.39 is 6.10 Å². The van der Waals surface area contributed by atoms with Crippen LogP contribution < -0.4 is 10.1 Å². The molecule has 0 fully saturated rings. The quantitative estimate of drug-likeness (QED) is 0.221. The third kappa shape index (κ3) is 7.60. The second kappa shape index (κ2) is 12.8. The normalized spacial score (nSPS) is 12.8. The van der Waals surface area contributed by atoms with Gasteiger partial charge in [0.25, 0.3) is 0 Å². The molecule has 0 amide bonds. The summed E-state index contributed by atoms with van der Waals surface area (Å²) in [6, 6.07) is 34.4. The van der Waals surface area contributed by atoms with Gasteiger partial charge in [0.05, 0.1) is 0 Å². The summed E-state index contributed by atoms with van der Waals surface area (Å²) >= 11 is 0. The number of aliphatic hydroxyl groups is 1. The Balaban J connectivity index is 1.50. The number of phenolic OH excluding ortho intramolecular Hbond substituents is 2. The van der Waals surface area contributed by atoms with E-state index >= 15 is 0 Å². The van der Waals surface area contributed by atoms with Gasteiger partial charge in [-0.25, -0.2) is 0 Å². The van der Waals surface area contributed by atoms with Crippen molar-refractivity contribution in [1.29, 1.82) is 0 Å². The van der Waals surface area contributed by atoms with Crippen LogP contribution in [0.2, 0.25) is 0 Å². The van der Waals surface area contributed by atoms with Gasteiger partial charge in [-0.3, -0.25) is 0 Å². The molecule has 0 spiro atoms. The van der Waals surface area contributed by atoms with Gasteiger partial charge in [0.1, 0.15) is 30.0 Å². The Morgan fingerprint density at radius 2 is 1.19 bits per heavy atom. The van der Waals surface area contributed by atoms with Crippen molar-refractivity contribution in [2.24, 2.45) is 0 Å². The van der Waals surface area contributed by atoms with Crippen LogP contribution in [0.3, 0.4) is 0 Å². The van der Waals surface area contributed by atoms with Crippen molar-refractivity contribution < 1.29 is 20.1 Å². The van der Waals surface area contributed by atoms with Crippen LogP contribution in [0.5, 0.6) is 17.2 Å². The number of aromatic hydroxyl groups is 2. The van der Waals surface area contributed by atoms with E-state index in [1.54, 1.807) is 24.3 Å². The summed E-state index contributed by atoms with van der Waals surface area (Å²) in [7, 11) is 0. The summed E-state index contributed by atoms with van der Waals surface area (Å²) in [5.41, 5.74) is 3.36. The number of aliphatic hydroxyl groups excluding tert-OH is 1. The highest BCUT2D eigenvalue weighted by Gasteiger charge is 2.21. The molecule has 4 aromatic rings. The van der Waals surface area contributed by atoms with Gasteiger partial charge in [-0.1, -0.05) is 72.8 Å². The molecule has 0 saturated carbocycles. The molecule has 5 nitrogen and oxygen atoms in total. The smallest absolute Gasteiger partial charge is 0.119 e. The molecule has 2 atom stereocenters. The second-order valence-electron chi connectivity index (χ2n) is 9.04. The van der Waals surface area contributed by atoms with Gasteiger partial charge in [-0.05, 0) is 65.9 Å². The van der Waals surface area contributed by atoms with Crippen molar-refractivity contribution in [2.45, 2.75) is 30.9 Å². The molecule has 1 unspecified atom stereocenters. The van der Waals surface area contributed by atoms with Gasteiger partial charge in [0.15, 0.2) is 0 Å². The topological polar surface area (TPSA) is 82.0 Å². The van der Waals surface area contributed by atoms with E-state index in [4.69, 9.17) is 4.74 Å². The van der Waals surface area contributed by atoms with Crippen molar-refractivity contribution in [3.8, 4) is 17.2 Å². The molecule has 4 aromatic carbocycles. The number of hydrogen-bond donors (Lipinski definition) is 4.